The lowest BCUT2D eigenvalue weighted by atomic mass is 10.0. The summed E-state index contributed by atoms with van der Waals surface area (Å²) in [5.41, 5.74) is 4.46. The summed E-state index contributed by atoms with van der Waals surface area (Å²) in [5, 5.41) is 12.0. The van der Waals surface area contributed by atoms with Crippen molar-refractivity contribution in [2.45, 2.75) is 12.5 Å². The van der Waals surface area contributed by atoms with Gasteiger partial charge in [0.2, 0.25) is 0 Å². The SMILES string of the molecule is COc1cn(C(Cc2ccccc2)c2ncc(-c3ccncc3)[nH]2)c(=O)cc1-c1cc(Cl)ccc1-n1cnnn1. The highest BCUT2D eigenvalue weighted by Gasteiger charge is 2.23. The van der Waals surface area contributed by atoms with Crippen molar-refractivity contribution in [3.63, 3.8) is 0 Å². The third kappa shape index (κ3) is 4.99. The van der Waals surface area contributed by atoms with E-state index in [4.69, 9.17) is 16.3 Å². The molecule has 1 unspecified atom stereocenters. The number of H-pyrrole nitrogens is 1. The molecule has 0 radical (unpaired) electrons. The van der Waals surface area contributed by atoms with Gasteiger partial charge in [-0.15, -0.1) is 5.10 Å². The first kappa shape index (κ1) is 25.2. The maximum Gasteiger partial charge on any atom is 0.252 e. The molecule has 0 aliphatic carbocycles. The van der Waals surface area contributed by atoms with Crippen molar-refractivity contribution < 1.29 is 4.74 Å². The minimum Gasteiger partial charge on any atom is -0.495 e. The lowest BCUT2D eigenvalue weighted by Gasteiger charge is -2.21. The van der Waals surface area contributed by atoms with Crippen molar-refractivity contribution in [2.75, 3.05) is 7.11 Å². The summed E-state index contributed by atoms with van der Waals surface area (Å²) >= 11 is 6.37. The Morgan fingerprint density at radius 3 is 2.60 bits per heavy atom. The fourth-order valence-corrected chi connectivity index (χ4v) is 4.86. The largest absolute Gasteiger partial charge is 0.495 e. The smallest absolute Gasteiger partial charge is 0.252 e. The van der Waals surface area contributed by atoms with Crippen molar-refractivity contribution in [1.82, 2.24) is 39.7 Å². The molecule has 1 N–H and O–H groups in total. The summed E-state index contributed by atoms with van der Waals surface area (Å²) in [4.78, 5) is 26.0. The van der Waals surface area contributed by atoms with Crippen LogP contribution < -0.4 is 10.3 Å². The van der Waals surface area contributed by atoms with E-state index in [0.717, 1.165) is 16.8 Å². The van der Waals surface area contributed by atoms with Crippen LogP contribution in [0.1, 0.15) is 17.4 Å². The normalized spacial score (nSPS) is 11.8. The zero-order valence-corrected chi connectivity index (χ0v) is 22.1. The van der Waals surface area contributed by atoms with Crippen LogP contribution in [0.25, 0.3) is 28.1 Å². The summed E-state index contributed by atoms with van der Waals surface area (Å²) in [5.74, 6) is 1.12. The highest BCUT2D eigenvalue weighted by Crippen LogP contribution is 2.35. The summed E-state index contributed by atoms with van der Waals surface area (Å²) in [6, 6.07) is 20.2. The number of aromatic nitrogens is 8. The third-order valence-corrected chi connectivity index (χ3v) is 6.85. The van der Waals surface area contributed by atoms with Crippen LogP contribution in [0.15, 0.2) is 103 Å². The number of ether oxygens (including phenoxy) is 1. The number of methoxy groups -OCH3 is 1. The number of tetrazole rings is 1. The molecule has 0 spiro atoms. The maximum atomic E-state index is 13.8. The van der Waals surface area contributed by atoms with Gasteiger partial charge in [-0.3, -0.25) is 9.78 Å². The summed E-state index contributed by atoms with van der Waals surface area (Å²) in [6.45, 7) is 0. The van der Waals surface area contributed by atoms with E-state index < -0.39 is 6.04 Å². The molecule has 0 fully saturated rings. The molecule has 0 aliphatic heterocycles. The first-order valence-corrected chi connectivity index (χ1v) is 12.8. The van der Waals surface area contributed by atoms with E-state index in [1.165, 1.54) is 11.0 Å². The highest BCUT2D eigenvalue weighted by atomic mass is 35.5. The van der Waals surface area contributed by atoms with Gasteiger partial charge in [-0.25, -0.2) is 4.98 Å². The third-order valence-electron chi connectivity index (χ3n) is 6.62. The quantitative estimate of drug-likeness (QED) is 0.290. The number of imidazole rings is 1. The maximum absolute atomic E-state index is 13.8. The molecule has 0 aliphatic rings. The first-order chi connectivity index (χ1) is 19.6. The first-order valence-electron chi connectivity index (χ1n) is 12.4. The number of halogens is 1. The Balaban J connectivity index is 1.48. The number of aromatic amines is 1. The van der Waals surface area contributed by atoms with Gasteiger partial charge in [0.25, 0.3) is 5.56 Å². The molecule has 4 aromatic heterocycles. The van der Waals surface area contributed by atoms with Gasteiger partial charge in [0, 0.05) is 46.6 Å². The van der Waals surface area contributed by atoms with E-state index in [2.05, 4.69) is 30.5 Å². The summed E-state index contributed by atoms with van der Waals surface area (Å²) in [6.07, 6.45) is 8.94. The second-order valence-corrected chi connectivity index (χ2v) is 9.48. The number of rotatable bonds is 8. The molecule has 11 heteroatoms. The Morgan fingerprint density at radius 2 is 1.85 bits per heavy atom. The molecule has 4 heterocycles. The van der Waals surface area contributed by atoms with E-state index in [1.807, 2.05) is 42.5 Å². The molecule has 198 valence electrons. The van der Waals surface area contributed by atoms with Gasteiger partial charge in [0.1, 0.15) is 17.9 Å². The molecule has 0 bridgehead atoms. The average molecular weight is 551 g/mol. The van der Waals surface area contributed by atoms with Gasteiger partial charge in [-0.1, -0.05) is 41.9 Å². The van der Waals surface area contributed by atoms with Crippen LogP contribution in [0.3, 0.4) is 0 Å². The molecule has 1 atom stereocenters. The molecule has 0 saturated heterocycles. The van der Waals surface area contributed by atoms with Crippen LogP contribution in [0.4, 0.5) is 0 Å². The van der Waals surface area contributed by atoms with Crippen LogP contribution in [-0.2, 0) is 6.42 Å². The minimum atomic E-state index is -0.438. The topological polar surface area (TPSA) is 116 Å². The molecule has 6 rings (SSSR count). The fraction of sp³-hybridized carbons (Fsp3) is 0.103. The Bertz CT molecular complexity index is 1800. The monoisotopic (exact) mass is 550 g/mol. The van der Waals surface area contributed by atoms with Crippen molar-refractivity contribution in [2.24, 2.45) is 0 Å². The van der Waals surface area contributed by atoms with Crippen molar-refractivity contribution in [3.8, 4) is 33.8 Å². The minimum absolute atomic E-state index is 0.235. The molecule has 6 aromatic rings. The highest BCUT2D eigenvalue weighted by molar-refractivity contribution is 6.31. The number of pyridine rings is 2. The fourth-order valence-electron chi connectivity index (χ4n) is 4.69. The standard InChI is InChI=1S/C29H23ClN8O2/c1-40-27-17-37(28(39)15-23(27)22-14-21(30)7-8-25(22)38-18-33-35-36-38)26(13-19-5-3-2-4-6-19)29-32-16-24(34-29)20-9-11-31-12-10-20/h2-12,14-18,26H,13H2,1H3,(H,32,34). The van der Waals surface area contributed by atoms with Crippen LogP contribution in [0, 0.1) is 0 Å². The zero-order chi connectivity index (χ0) is 27.5. The van der Waals surface area contributed by atoms with E-state index >= 15 is 0 Å². The van der Waals surface area contributed by atoms with E-state index in [0.29, 0.717) is 39.8 Å². The van der Waals surface area contributed by atoms with Crippen molar-refractivity contribution >= 4 is 11.6 Å². The Kier molecular flexibility index (Phi) is 6.90. The Morgan fingerprint density at radius 1 is 1.02 bits per heavy atom. The molecular formula is C29H23ClN8O2. The second kappa shape index (κ2) is 11.0. The molecule has 40 heavy (non-hydrogen) atoms. The van der Waals surface area contributed by atoms with Crippen molar-refractivity contribution in [1.29, 1.82) is 0 Å². The number of hydrogen-bond acceptors (Lipinski definition) is 7. The molecule has 2 aromatic carbocycles. The molecule has 0 amide bonds. The van der Waals surface area contributed by atoms with E-state index in [-0.39, 0.29) is 5.56 Å². The van der Waals surface area contributed by atoms with E-state index in [1.54, 1.807) is 60.7 Å². The zero-order valence-electron chi connectivity index (χ0n) is 21.3. The Hall–Kier alpha value is -5.09. The van der Waals surface area contributed by atoms with Gasteiger partial charge < -0.3 is 14.3 Å². The van der Waals surface area contributed by atoms with Gasteiger partial charge in [-0.05, 0) is 46.3 Å². The van der Waals surface area contributed by atoms with Crippen LogP contribution in [0.5, 0.6) is 5.75 Å². The number of benzene rings is 2. The van der Waals surface area contributed by atoms with Gasteiger partial charge in [0.15, 0.2) is 0 Å². The van der Waals surface area contributed by atoms with E-state index in [9.17, 15) is 4.79 Å². The average Bonchev–Trinajstić information content (AvgIpc) is 3.70. The van der Waals surface area contributed by atoms with Gasteiger partial charge in [0.05, 0.1) is 36.9 Å². The number of nitrogens with one attached hydrogen (secondary N) is 1. The Labute approximate surface area is 233 Å². The summed E-state index contributed by atoms with van der Waals surface area (Å²) < 4.78 is 8.97. The molecule has 0 saturated carbocycles. The second-order valence-electron chi connectivity index (χ2n) is 9.04. The van der Waals surface area contributed by atoms with Crippen molar-refractivity contribution in [3.05, 3.63) is 125 Å². The predicted molar refractivity (Wildman–Crippen MR) is 151 cm³/mol. The van der Waals surface area contributed by atoms with Gasteiger partial charge in [-0.2, -0.15) is 4.68 Å². The van der Waals surface area contributed by atoms with Crippen LogP contribution >= 0.6 is 11.6 Å². The molecular weight excluding hydrogens is 528 g/mol. The van der Waals surface area contributed by atoms with Crippen LogP contribution in [-0.4, -0.2) is 46.8 Å². The van der Waals surface area contributed by atoms with Gasteiger partial charge >= 0.3 is 0 Å². The predicted octanol–water partition coefficient (Wildman–Crippen LogP) is 4.77. The lowest BCUT2D eigenvalue weighted by Crippen LogP contribution is -2.27. The molecule has 10 nitrogen and oxygen atoms in total. The lowest BCUT2D eigenvalue weighted by molar-refractivity contribution is 0.405. The summed E-state index contributed by atoms with van der Waals surface area (Å²) in [7, 11) is 1.57. The van der Waals surface area contributed by atoms with Crippen LogP contribution in [0.2, 0.25) is 5.02 Å². The number of nitrogens with zero attached hydrogens (tertiary/aromatic N) is 7. The number of hydrogen-bond donors (Lipinski definition) is 1.